The molecular formula is C15H21N3O2. The number of piperidine rings is 1. The van der Waals surface area contributed by atoms with Crippen molar-refractivity contribution in [3.63, 3.8) is 0 Å². The van der Waals surface area contributed by atoms with Crippen molar-refractivity contribution in [2.24, 2.45) is 11.8 Å². The van der Waals surface area contributed by atoms with Crippen LogP contribution in [0.3, 0.4) is 0 Å². The number of nitro benzene ring substituents is 1. The van der Waals surface area contributed by atoms with Gasteiger partial charge in [0.05, 0.1) is 4.92 Å². The summed E-state index contributed by atoms with van der Waals surface area (Å²) in [4.78, 5) is 13.1. The lowest BCUT2D eigenvalue weighted by atomic mass is 9.75. The smallest absolute Gasteiger partial charge is 0.315 e. The van der Waals surface area contributed by atoms with Crippen LogP contribution in [0.1, 0.15) is 32.1 Å². The van der Waals surface area contributed by atoms with Gasteiger partial charge in [-0.05, 0) is 36.8 Å². The van der Waals surface area contributed by atoms with Crippen molar-refractivity contribution in [3.8, 4) is 0 Å². The number of anilines is 2. The third-order valence-corrected chi connectivity index (χ3v) is 4.86. The van der Waals surface area contributed by atoms with Crippen molar-refractivity contribution >= 4 is 17.1 Å². The van der Waals surface area contributed by atoms with Crippen LogP contribution in [0.5, 0.6) is 0 Å². The molecule has 1 saturated heterocycles. The molecule has 2 aliphatic rings. The van der Waals surface area contributed by atoms with Gasteiger partial charge in [0.15, 0.2) is 0 Å². The lowest BCUT2D eigenvalue weighted by Gasteiger charge is -2.42. The van der Waals surface area contributed by atoms with E-state index < -0.39 is 0 Å². The fourth-order valence-corrected chi connectivity index (χ4v) is 3.82. The van der Waals surface area contributed by atoms with Gasteiger partial charge in [0.25, 0.3) is 0 Å². The molecule has 2 atom stereocenters. The summed E-state index contributed by atoms with van der Waals surface area (Å²) < 4.78 is 0. The second-order valence-electron chi connectivity index (χ2n) is 6.01. The van der Waals surface area contributed by atoms with Gasteiger partial charge in [-0.15, -0.1) is 0 Å². The van der Waals surface area contributed by atoms with E-state index in [1.165, 1.54) is 25.7 Å². The Hall–Kier alpha value is -1.78. The molecule has 20 heavy (non-hydrogen) atoms. The summed E-state index contributed by atoms with van der Waals surface area (Å²) in [5.74, 6) is 1.51. The highest BCUT2D eigenvalue weighted by Gasteiger charge is 2.33. The summed E-state index contributed by atoms with van der Waals surface area (Å²) in [7, 11) is 0. The summed E-state index contributed by atoms with van der Waals surface area (Å²) in [6.45, 7) is 1.85. The van der Waals surface area contributed by atoms with Crippen LogP contribution in [0.2, 0.25) is 0 Å². The van der Waals surface area contributed by atoms with Crippen LogP contribution in [0, 0.1) is 22.0 Å². The number of para-hydroxylation sites is 1. The third kappa shape index (κ3) is 2.32. The van der Waals surface area contributed by atoms with E-state index in [1.54, 1.807) is 6.07 Å². The Balaban J connectivity index is 1.86. The monoisotopic (exact) mass is 275 g/mol. The first-order valence-electron chi connectivity index (χ1n) is 7.44. The van der Waals surface area contributed by atoms with E-state index in [1.807, 2.05) is 12.1 Å². The van der Waals surface area contributed by atoms with Crippen LogP contribution in [0.25, 0.3) is 0 Å². The Bertz CT molecular complexity index is 518. The molecule has 1 aromatic carbocycles. The van der Waals surface area contributed by atoms with Crippen molar-refractivity contribution in [2.75, 3.05) is 23.7 Å². The number of fused-ring (bicyclic) bond motifs is 1. The van der Waals surface area contributed by atoms with Gasteiger partial charge in [0.2, 0.25) is 0 Å². The van der Waals surface area contributed by atoms with E-state index in [-0.39, 0.29) is 16.3 Å². The van der Waals surface area contributed by atoms with Crippen molar-refractivity contribution < 1.29 is 4.92 Å². The second kappa shape index (κ2) is 5.31. The molecule has 0 aromatic heterocycles. The van der Waals surface area contributed by atoms with Gasteiger partial charge in [-0.25, -0.2) is 0 Å². The van der Waals surface area contributed by atoms with Crippen LogP contribution >= 0.6 is 0 Å². The van der Waals surface area contributed by atoms with E-state index in [0.717, 1.165) is 25.4 Å². The normalized spacial score (nSPS) is 26.1. The molecule has 2 unspecified atom stereocenters. The first kappa shape index (κ1) is 13.2. The zero-order valence-corrected chi connectivity index (χ0v) is 11.6. The molecule has 1 aliphatic carbocycles. The molecule has 0 amide bonds. The van der Waals surface area contributed by atoms with E-state index in [0.29, 0.717) is 11.6 Å². The molecule has 1 aliphatic heterocycles. The number of nitrogen functional groups attached to an aromatic ring is 1. The van der Waals surface area contributed by atoms with E-state index >= 15 is 0 Å². The number of rotatable bonds is 2. The molecule has 0 bridgehead atoms. The van der Waals surface area contributed by atoms with Crippen LogP contribution in [-0.4, -0.2) is 18.0 Å². The highest BCUT2D eigenvalue weighted by molar-refractivity contribution is 5.75. The molecule has 1 aromatic rings. The molecular weight excluding hydrogens is 254 g/mol. The summed E-state index contributed by atoms with van der Waals surface area (Å²) in [5.41, 5.74) is 6.82. The molecule has 2 N–H and O–H groups in total. The Morgan fingerprint density at radius 2 is 1.95 bits per heavy atom. The summed E-state index contributed by atoms with van der Waals surface area (Å²) >= 11 is 0. The first-order chi connectivity index (χ1) is 9.66. The van der Waals surface area contributed by atoms with E-state index in [4.69, 9.17) is 5.73 Å². The van der Waals surface area contributed by atoms with Crippen molar-refractivity contribution in [3.05, 3.63) is 28.3 Å². The highest BCUT2D eigenvalue weighted by atomic mass is 16.6. The standard InChI is InChI=1S/C15H21N3O2/c16-13-6-3-7-14(15(13)18(19)20)17-9-8-11-4-1-2-5-12(11)10-17/h3,6-7,11-12H,1-2,4-5,8-10,16H2. The molecule has 0 radical (unpaired) electrons. The maximum atomic E-state index is 11.3. The SMILES string of the molecule is Nc1cccc(N2CCC3CCCCC3C2)c1[N+](=O)[O-]. The Morgan fingerprint density at radius 1 is 1.20 bits per heavy atom. The Morgan fingerprint density at radius 3 is 2.70 bits per heavy atom. The lowest BCUT2D eigenvalue weighted by Crippen LogP contribution is -2.42. The zero-order chi connectivity index (χ0) is 14.1. The maximum absolute atomic E-state index is 11.3. The molecule has 5 heteroatoms. The molecule has 1 heterocycles. The largest absolute Gasteiger partial charge is 0.393 e. The van der Waals surface area contributed by atoms with Crippen LogP contribution in [-0.2, 0) is 0 Å². The van der Waals surface area contributed by atoms with Gasteiger partial charge in [-0.1, -0.05) is 25.3 Å². The quantitative estimate of drug-likeness (QED) is 0.511. The van der Waals surface area contributed by atoms with Gasteiger partial charge in [-0.2, -0.15) is 0 Å². The van der Waals surface area contributed by atoms with Gasteiger partial charge >= 0.3 is 5.69 Å². The Labute approximate surface area is 118 Å². The van der Waals surface area contributed by atoms with Gasteiger partial charge in [-0.3, -0.25) is 10.1 Å². The first-order valence-corrected chi connectivity index (χ1v) is 7.44. The van der Waals surface area contributed by atoms with Gasteiger partial charge < -0.3 is 10.6 Å². The predicted octanol–water partition coefficient (Wildman–Crippen LogP) is 3.19. The lowest BCUT2D eigenvalue weighted by molar-refractivity contribution is -0.383. The average Bonchev–Trinajstić information content (AvgIpc) is 2.46. The van der Waals surface area contributed by atoms with Crippen molar-refractivity contribution in [1.82, 2.24) is 0 Å². The number of nitrogens with zero attached hydrogens (tertiary/aromatic N) is 2. The average molecular weight is 275 g/mol. The fourth-order valence-electron chi connectivity index (χ4n) is 3.82. The minimum atomic E-state index is -0.350. The highest BCUT2D eigenvalue weighted by Crippen LogP contribution is 2.40. The number of nitro groups is 1. The molecule has 0 spiro atoms. The van der Waals surface area contributed by atoms with Crippen LogP contribution < -0.4 is 10.6 Å². The van der Waals surface area contributed by atoms with Crippen LogP contribution in [0.4, 0.5) is 17.1 Å². The van der Waals surface area contributed by atoms with Crippen LogP contribution in [0.15, 0.2) is 18.2 Å². The second-order valence-corrected chi connectivity index (χ2v) is 6.01. The summed E-state index contributed by atoms with van der Waals surface area (Å²) in [6.07, 6.45) is 6.39. The minimum Gasteiger partial charge on any atom is -0.393 e. The van der Waals surface area contributed by atoms with Crippen molar-refractivity contribution in [2.45, 2.75) is 32.1 Å². The van der Waals surface area contributed by atoms with Crippen molar-refractivity contribution in [1.29, 1.82) is 0 Å². The number of nitrogens with two attached hydrogens (primary N) is 1. The Kier molecular flexibility index (Phi) is 3.51. The van der Waals surface area contributed by atoms with Gasteiger partial charge in [0.1, 0.15) is 11.4 Å². The third-order valence-electron chi connectivity index (χ3n) is 4.86. The summed E-state index contributed by atoms with van der Waals surface area (Å²) in [5, 5.41) is 11.3. The molecule has 1 saturated carbocycles. The zero-order valence-electron chi connectivity index (χ0n) is 11.6. The topological polar surface area (TPSA) is 72.4 Å². The molecule has 3 rings (SSSR count). The number of hydrogen-bond donors (Lipinski definition) is 1. The van der Waals surface area contributed by atoms with Gasteiger partial charge in [0, 0.05) is 13.1 Å². The van der Waals surface area contributed by atoms with E-state index in [9.17, 15) is 10.1 Å². The molecule has 108 valence electrons. The fraction of sp³-hybridized carbons (Fsp3) is 0.600. The number of hydrogen-bond acceptors (Lipinski definition) is 4. The predicted molar refractivity (Wildman–Crippen MR) is 79.8 cm³/mol. The molecule has 5 nitrogen and oxygen atoms in total. The number of benzene rings is 1. The van der Waals surface area contributed by atoms with E-state index in [2.05, 4.69) is 4.90 Å². The maximum Gasteiger partial charge on any atom is 0.315 e. The minimum absolute atomic E-state index is 0.0711. The molecule has 2 fully saturated rings. The summed E-state index contributed by atoms with van der Waals surface area (Å²) in [6, 6.07) is 5.25.